The second-order valence-corrected chi connectivity index (χ2v) is 6.37. The van der Waals surface area contributed by atoms with Crippen molar-refractivity contribution in [3.8, 4) is 5.75 Å². The lowest BCUT2D eigenvalue weighted by molar-refractivity contribution is 0.179. The molecular weight excluding hydrogens is 319 g/mol. The van der Waals surface area contributed by atoms with E-state index in [9.17, 15) is 9.50 Å². The Morgan fingerprint density at radius 2 is 2.17 bits per heavy atom. The minimum Gasteiger partial charge on any atom is -0.494 e. The van der Waals surface area contributed by atoms with Gasteiger partial charge in [-0.2, -0.15) is 0 Å². The van der Waals surface area contributed by atoms with E-state index in [0.717, 1.165) is 8.66 Å². The third-order valence-electron chi connectivity index (χ3n) is 2.58. The maximum absolute atomic E-state index is 13.5. The van der Waals surface area contributed by atoms with Crippen molar-refractivity contribution in [2.75, 3.05) is 7.11 Å². The maximum Gasteiger partial charge on any atom is 0.165 e. The van der Waals surface area contributed by atoms with Gasteiger partial charge in [0.15, 0.2) is 11.6 Å². The first-order chi connectivity index (χ1) is 8.60. The summed E-state index contributed by atoms with van der Waals surface area (Å²) in [7, 11) is 1.41. The third kappa shape index (κ3) is 3.10. The number of halogens is 2. The van der Waals surface area contributed by atoms with E-state index in [4.69, 9.17) is 4.74 Å². The summed E-state index contributed by atoms with van der Waals surface area (Å²) in [6, 6.07) is 8.39. The lowest BCUT2D eigenvalue weighted by Gasteiger charge is -2.11. The average Bonchev–Trinajstić information content (AvgIpc) is 2.74. The van der Waals surface area contributed by atoms with E-state index < -0.39 is 11.9 Å². The van der Waals surface area contributed by atoms with Crippen LogP contribution in [0.25, 0.3) is 0 Å². The van der Waals surface area contributed by atoms with Crippen LogP contribution >= 0.6 is 27.3 Å². The predicted molar refractivity (Wildman–Crippen MR) is 73.6 cm³/mol. The highest BCUT2D eigenvalue weighted by Crippen LogP contribution is 2.28. The maximum atomic E-state index is 13.5. The number of benzene rings is 1. The van der Waals surface area contributed by atoms with Gasteiger partial charge in [-0.3, -0.25) is 0 Å². The molecule has 0 saturated heterocycles. The molecule has 1 N–H and O–H groups in total. The van der Waals surface area contributed by atoms with Gasteiger partial charge < -0.3 is 9.84 Å². The van der Waals surface area contributed by atoms with E-state index in [1.54, 1.807) is 17.4 Å². The van der Waals surface area contributed by atoms with Gasteiger partial charge in [0, 0.05) is 11.3 Å². The van der Waals surface area contributed by atoms with Gasteiger partial charge in [-0.05, 0) is 45.8 Å². The van der Waals surface area contributed by atoms with E-state index in [1.807, 2.05) is 12.1 Å². The SMILES string of the molecule is COc1ccc(C(O)Cc2ccc(Br)s2)cc1F. The lowest BCUT2D eigenvalue weighted by atomic mass is 10.1. The van der Waals surface area contributed by atoms with Crippen LogP contribution in [0.4, 0.5) is 4.39 Å². The van der Waals surface area contributed by atoms with Crippen molar-refractivity contribution < 1.29 is 14.2 Å². The van der Waals surface area contributed by atoms with Crippen molar-refractivity contribution in [2.24, 2.45) is 0 Å². The van der Waals surface area contributed by atoms with Gasteiger partial charge in [0.25, 0.3) is 0 Å². The summed E-state index contributed by atoms with van der Waals surface area (Å²) < 4.78 is 19.4. The van der Waals surface area contributed by atoms with E-state index in [2.05, 4.69) is 15.9 Å². The molecule has 2 aromatic rings. The quantitative estimate of drug-likeness (QED) is 0.920. The van der Waals surface area contributed by atoms with Crippen molar-refractivity contribution in [1.82, 2.24) is 0 Å². The molecule has 0 bridgehead atoms. The summed E-state index contributed by atoms with van der Waals surface area (Å²) >= 11 is 4.93. The number of hydrogen-bond acceptors (Lipinski definition) is 3. The van der Waals surface area contributed by atoms with E-state index in [0.29, 0.717) is 12.0 Å². The Labute approximate surface area is 117 Å². The zero-order valence-electron chi connectivity index (χ0n) is 9.69. The van der Waals surface area contributed by atoms with Gasteiger partial charge in [-0.15, -0.1) is 11.3 Å². The highest BCUT2D eigenvalue weighted by molar-refractivity contribution is 9.11. The molecule has 0 aliphatic rings. The molecule has 1 unspecified atom stereocenters. The highest BCUT2D eigenvalue weighted by atomic mass is 79.9. The van der Waals surface area contributed by atoms with Crippen LogP contribution in [0, 0.1) is 5.82 Å². The van der Waals surface area contributed by atoms with Gasteiger partial charge >= 0.3 is 0 Å². The van der Waals surface area contributed by atoms with Crippen molar-refractivity contribution in [2.45, 2.75) is 12.5 Å². The Morgan fingerprint density at radius 3 is 2.72 bits per heavy atom. The molecule has 5 heteroatoms. The summed E-state index contributed by atoms with van der Waals surface area (Å²) in [6.07, 6.45) is -0.238. The molecule has 0 saturated carbocycles. The lowest BCUT2D eigenvalue weighted by Crippen LogP contribution is -2.01. The van der Waals surface area contributed by atoms with Gasteiger partial charge in [-0.25, -0.2) is 4.39 Å². The molecule has 18 heavy (non-hydrogen) atoms. The van der Waals surface area contributed by atoms with Crippen LogP contribution in [0.5, 0.6) is 5.75 Å². The Balaban J connectivity index is 2.13. The number of ether oxygens (including phenoxy) is 1. The summed E-state index contributed by atoms with van der Waals surface area (Å²) in [5, 5.41) is 10.1. The first kappa shape index (κ1) is 13.5. The Kier molecular flexibility index (Phi) is 4.37. The van der Waals surface area contributed by atoms with E-state index in [-0.39, 0.29) is 5.75 Å². The Morgan fingerprint density at radius 1 is 1.39 bits per heavy atom. The zero-order chi connectivity index (χ0) is 13.1. The first-order valence-corrected chi connectivity index (χ1v) is 6.97. The smallest absolute Gasteiger partial charge is 0.165 e. The number of methoxy groups -OCH3 is 1. The molecule has 0 fully saturated rings. The van der Waals surface area contributed by atoms with E-state index >= 15 is 0 Å². The van der Waals surface area contributed by atoms with Gasteiger partial charge in [-0.1, -0.05) is 6.07 Å². The molecule has 1 heterocycles. The monoisotopic (exact) mass is 330 g/mol. The topological polar surface area (TPSA) is 29.5 Å². The average molecular weight is 331 g/mol. The second kappa shape index (κ2) is 5.82. The molecule has 2 nitrogen and oxygen atoms in total. The van der Waals surface area contributed by atoms with Crippen LogP contribution in [-0.4, -0.2) is 12.2 Å². The van der Waals surface area contributed by atoms with Gasteiger partial charge in [0.05, 0.1) is 17.0 Å². The molecule has 0 spiro atoms. The molecule has 0 radical (unpaired) electrons. The number of aliphatic hydroxyl groups is 1. The van der Waals surface area contributed by atoms with Crippen LogP contribution in [-0.2, 0) is 6.42 Å². The van der Waals surface area contributed by atoms with Gasteiger partial charge in [0.1, 0.15) is 0 Å². The summed E-state index contributed by atoms with van der Waals surface area (Å²) in [4.78, 5) is 1.05. The number of aliphatic hydroxyl groups excluding tert-OH is 1. The third-order valence-corrected chi connectivity index (χ3v) is 4.23. The highest BCUT2D eigenvalue weighted by Gasteiger charge is 2.13. The Hall–Kier alpha value is -0.910. The second-order valence-electron chi connectivity index (χ2n) is 3.82. The molecule has 1 aromatic carbocycles. The largest absolute Gasteiger partial charge is 0.494 e. The van der Waals surface area contributed by atoms with Crippen molar-refractivity contribution in [3.05, 3.63) is 50.4 Å². The number of hydrogen-bond donors (Lipinski definition) is 1. The minimum atomic E-state index is -0.712. The van der Waals surface area contributed by atoms with Crippen LogP contribution in [0.2, 0.25) is 0 Å². The predicted octanol–water partition coefficient (Wildman–Crippen LogP) is 3.93. The fourth-order valence-corrected chi connectivity index (χ4v) is 3.18. The number of thiophene rings is 1. The molecule has 0 aliphatic heterocycles. The van der Waals surface area contributed by atoms with Crippen molar-refractivity contribution >= 4 is 27.3 Å². The van der Waals surface area contributed by atoms with Crippen molar-refractivity contribution in [3.63, 3.8) is 0 Å². The fraction of sp³-hybridized carbons (Fsp3) is 0.231. The molecular formula is C13H12BrFO2S. The van der Waals surface area contributed by atoms with Crippen LogP contribution in [0.1, 0.15) is 16.5 Å². The molecule has 2 rings (SSSR count). The normalized spacial score (nSPS) is 12.4. The molecule has 0 aliphatic carbocycles. The molecule has 96 valence electrons. The van der Waals surface area contributed by atoms with Gasteiger partial charge in [0.2, 0.25) is 0 Å². The van der Waals surface area contributed by atoms with Crippen LogP contribution in [0.3, 0.4) is 0 Å². The standard InChI is InChI=1S/C13H12BrFO2S/c1-17-12-4-2-8(6-10(12)15)11(16)7-9-3-5-13(14)18-9/h2-6,11,16H,7H2,1H3. The summed E-state index contributed by atoms with van der Waals surface area (Å²) in [5.74, 6) is -0.272. The van der Waals surface area contributed by atoms with E-state index in [1.165, 1.54) is 19.2 Å². The first-order valence-electron chi connectivity index (χ1n) is 5.36. The minimum absolute atomic E-state index is 0.185. The molecule has 0 amide bonds. The Bertz CT molecular complexity index is 542. The molecule has 1 aromatic heterocycles. The molecule has 1 atom stereocenters. The van der Waals surface area contributed by atoms with Crippen LogP contribution in [0.15, 0.2) is 34.1 Å². The fourth-order valence-electron chi connectivity index (χ4n) is 1.66. The van der Waals surface area contributed by atoms with Crippen LogP contribution < -0.4 is 4.74 Å². The van der Waals surface area contributed by atoms with Crippen molar-refractivity contribution in [1.29, 1.82) is 0 Å². The summed E-state index contributed by atoms with van der Waals surface area (Å²) in [5.41, 5.74) is 0.554. The summed E-state index contributed by atoms with van der Waals surface area (Å²) in [6.45, 7) is 0. The zero-order valence-corrected chi connectivity index (χ0v) is 12.1. The number of rotatable bonds is 4.